The summed E-state index contributed by atoms with van der Waals surface area (Å²) in [6.07, 6.45) is 0. The lowest BCUT2D eigenvalue weighted by Crippen LogP contribution is -2.08. The molecule has 3 aromatic rings. The zero-order valence-electron chi connectivity index (χ0n) is 13.0. The number of nitrogens with zero attached hydrogens (tertiary/aromatic N) is 1. The van der Waals surface area contributed by atoms with Gasteiger partial charge < -0.3 is 19.7 Å². The summed E-state index contributed by atoms with van der Waals surface area (Å²) in [4.78, 5) is 16.1. The summed E-state index contributed by atoms with van der Waals surface area (Å²) in [6.45, 7) is 0.431. The van der Waals surface area contributed by atoms with Gasteiger partial charge in [-0.1, -0.05) is 30.3 Å². The van der Waals surface area contributed by atoms with Crippen LogP contribution in [0.25, 0.3) is 10.9 Å². The van der Waals surface area contributed by atoms with Crippen molar-refractivity contribution in [2.45, 2.75) is 6.61 Å². The Bertz CT molecular complexity index is 838. The molecule has 5 nitrogen and oxygen atoms in total. The fourth-order valence-electron chi connectivity index (χ4n) is 2.42. The molecular weight excluding hydrogens is 292 g/mol. The standard InChI is InChI=1S/C18H18N2O3/c1-20(2)13-8-15-14(10-16(19-15)18(21)22)17(9-13)23-11-12-6-4-3-5-7-12/h3-10,19H,11H2,1-2H3,(H,21,22). The summed E-state index contributed by atoms with van der Waals surface area (Å²) in [5.74, 6) is -0.319. The van der Waals surface area contributed by atoms with Gasteiger partial charge in [-0.05, 0) is 17.7 Å². The SMILES string of the molecule is CN(C)c1cc(OCc2ccccc2)c2cc(C(=O)O)[nH]c2c1. The minimum absolute atomic E-state index is 0.153. The largest absolute Gasteiger partial charge is 0.488 e. The number of ether oxygens (including phenoxy) is 1. The van der Waals surface area contributed by atoms with E-state index in [4.69, 9.17) is 4.74 Å². The number of fused-ring (bicyclic) bond motifs is 1. The highest BCUT2D eigenvalue weighted by molar-refractivity contribution is 5.97. The Morgan fingerprint density at radius 1 is 1.17 bits per heavy atom. The summed E-state index contributed by atoms with van der Waals surface area (Å²) >= 11 is 0. The van der Waals surface area contributed by atoms with Crippen LogP contribution in [0.2, 0.25) is 0 Å². The number of aromatic nitrogens is 1. The molecule has 0 aliphatic rings. The first-order chi connectivity index (χ1) is 11.0. The number of anilines is 1. The third-order valence-corrected chi connectivity index (χ3v) is 3.67. The second-order valence-corrected chi connectivity index (χ2v) is 5.56. The second kappa shape index (κ2) is 6.04. The van der Waals surface area contributed by atoms with E-state index in [-0.39, 0.29) is 5.69 Å². The van der Waals surface area contributed by atoms with Gasteiger partial charge in [-0.2, -0.15) is 0 Å². The van der Waals surface area contributed by atoms with Crippen molar-refractivity contribution >= 4 is 22.6 Å². The average molecular weight is 310 g/mol. The van der Waals surface area contributed by atoms with E-state index in [9.17, 15) is 9.90 Å². The van der Waals surface area contributed by atoms with Gasteiger partial charge in [0.15, 0.2) is 0 Å². The lowest BCUT2D eigenvalue weighted by atomic mass is 10.2. The maximum Gasteiger partial charge on any atom is 0.352 e. The zero-order chi connectivity index (χ0) is 16.4. The van der Waals surface area contributed by atoms with Crippen LogP contribution in [0.1, 0.15) is 16.1 Å². The van der Waals surface area contributed by atoms with Gasteiger partial charge in [0.2, 0.25) is 0 Å². The second-order valence-electron chi connectivity index (χ2n) is 5.56. The van der Waals surface area contributed by atoms with Gasteiger partial charge in [0.05, 0.1) is 5.52 Å². The van der Waals surface area contributed by atoms with Crippen LogP contribution >= 0.6 is 0 Å². The third-order valence-electron chi connectivity index (χ3n) is 3.67. The molecule has 118 valence electrons. The number of aromatic carboxylic acids is 1. The number of nitrogens with one attached hydrogen (secondary N) is 1. The maximum absolute atomic E-state index is 11.2. The van der Waals surface area contributed by atoms with Crippen LogP contribution in [0.3, 0.4) is 0 Å². The topological polar surface area (TPSA) is 65.6 Å². The van der Waals surface area contributed by atoms with Gasteiger partial charge in [-0.3, -0.25) is 0 Å². The first-order valence-electron chi connectivity index (χ1n) is 7.28. The van der Waals surface area contributed by atoms with Crippen LogP contribution in [0.4, 0.5) is 5.69 Å². The first-order valence-corrected chi connectivity index (χ1v) is 7.28. The Kier molecular flexibility index (Phi) is 3.93. The van der Waals surface area contributed by atoms with Crippen molar-refractivity contribution < 1.29 is 14.6 Å². The molecule has 0 aliphatic heterocycles. The fourth-order valence-corrected chi connectivity index (χ4v) is 2.42. The van der Waals surface area contributed by atoms with E-state index < -0.39 is 5.97 Å². The van der Waals surface area contributed by atoms with Crippen LogP contribution in [0.15, 0.2) is 48.5 Å². The Balaban J connectivity index is 2.00. The highest BCUT2D eigenvalue weighted by Gasteiger charge is 2.13. The Hall–Kier alpha value is -2.95. The first kappa shape index (κ1) is 15.0. The molecule has 1 aromatic heterocycles. The molecule has 0 amide bonds. The number of hydrogen-bond donors (Lipinski definition) is 2. The van der Waals surface area contributed by atoms with Crippen molar-refractivity contribution in [1.29, 1.82) is 0 Å². The minimum Gasteiger partial charge on any atom is -0.488 e. The quantitative estimate of drug-likeness (QED) is 0.757. The molecule has 0 spiro atoms. The lowest BCUT2D eigenvalue weighted by molar-refractivity contribution is 0.0691. The van der Waals surface area contributed by atoms with Crippen LogP contribution in [0, 0.1) is 0 Å². The van der Waals surface area contributed by atoms with Crippen molar-refractivity contribution in [3.05, 3.63) is 59.8 Å². The molecule has 23 heavy (non-hydrogen) atoms. The van der Waals surface area contributed by atoms with Gasteiger partial charge in [0.1, 0.15) is 18.1 Å². The van der Waals surface area contributed by atoms with Crippen molar-refractivity contribution in [2.24, 2.45) is 0 Å². The lowest BCUT2D eigenvalue weighted by Gasteiger charge is -2.15. The number of carbonyl (C=O) groups is 1. The van der Waals surface area contributed by atoms with Crippen molar-refractivity contribution in [1.82, 2.24) is 4.98 Å². The molecule has 5 heteroatoms. The van der Waals surface area contributed by atoms with Gasteiger partial charge in [-0.25, -0.2) is 4.79 Å². The Morgan fingerprint density at radius 3 is 2.57 bits per heavy atom. The summed E-state index contributed by atoms with van der Waals surface area (Å²) in [6, 6.07) is 15.3. The van der Waals surface area contributed by atoms with E-state index in [0.717, 1.165) is 22.2 Å². The molecule has 0 radical (unpaired) electrons. The number of hydrogen-bond acceptors (Lipinski definition) is 3. The van der Waals surface area contributed by atoms with Gasteiger partial charge >= 0.3 is 5.97 Å². The monoisotopic (exact) mass is 310 g/mol. The van der Waals surface area contributed by atoms with E-state index in [1.807, 2.05) is 61.5 Å². The number of H-pyrrole nitrogens is 1. The summed E-state index contributed by atoms with van der Waals surface area (Å²) in [5.41, 5.74) is 2.90. The van der Waals surface area contributed by atoms with Crippen molar-refractivity contribution in [3.8, 4) is 5.75 Å². The average Bonchev–Trinajstić information content (AvgIpc) is 2.98. The molecule has 0 fully saturated rings. The molecule has 0 saturated carbocycles. The fraction of sp³-hybridized carbons (Fsp3) is 0.167. The predicted molar refractivity (Wildman–Crippen MR) is 90.4 cm³/mol. The van der Waals surface area contributed by atoms with E-state index in [2.05, 4.69) is 4.98 Å². The van der Waals surface area contributed by atoms with E-state index in [1.165, 1.54) is 0 Å². The number of carboxylic acid groups (broad SMARTS) is 1. The minimum atomic E-state index is -0.985. The normalized spacial score (nSPS) is 10.7. The van der Waals surface area contributed by atoms with E-state index in [0.29, 0.717) is 12.4 Å². The summed E-state index contributed by atoms with van der Waals surface area (Å²) in [7, 11) is 3.87. The van der Waals surface area contributed by atoms with E-state index >= 15 is 0 Å². The van der Waals surface area contributed by atoms with Gasteiger partial charge in [-0.15, -0.1) is 0 Å². The summed E-state index contributed by atoms with van der Waals surface area (Å²) in [5, 5.41) is 9.95. The van der Waals surface area contributed by atoms with Gasteiger partial charge in [0, 0.05) is 31.2 Å². The molecule has 3 rings (SSSR count). The van der Waals surface area contributed by atoms with Crippen molar-refractivity contribution in [3.63, 3.8) is 0 Å². The molecule has 0 aliphatic carbocycles. The van der Waals surface area contributed by atoms with Crippen LogP contribution in [0.5, 0.6) is 5.75 Å². The van der Waals surface area contributed by atoms with Crippen LogP contribution in [-0.2, 0) is 6.61 Å². The molecule has 0 saturated heterocycles. The number of rotatable bonds is 5. The molecule has 2 aromatic carbocycles. The van der Waals surface area contributed by atoms with Crippen molar-refractivity contribution in [2.75, 3.05) is 19.0 Å². The highest BCUT2D eigenvalue weighted by atomic mass is 16.5. The number of carboxylic acids is 1. The molecular formula is C18H18N2O3. The highest BCUT2D eigenvalue weighted by Crippen LogP contribution is 2.32. The molecule has 0 atom stereocenters. The number of benzene rings is 2. The van der Waals surface area contributed by atoms with E-state index in [1.54, 1.807) is 6.07 Å². The third kappa shape index (κ3) is 3.13. The zero-order valence-corrected chi connectivity index (χ0v) is 13.0. The molecule has 0 unspecified atom stereocenters. The molecule has 2 N–H and O–H groups in total. The Morgan fingerprint density at radius 2 is 1.91 bits per heavy atom. The summed E-state index contributed by atoms with van der Waals surface area (Å²) < 4.78 is 5.95. The van der Waals surface area contributed by atoms with Crippen LogP contribution in [-0.4, -0.2) is 30.2 Å². The molecule has 0 bridgehead atoms. The number of aromatic amines is 1. The predicted octanol–water partition coefficient (Wildman–Crippen LogP) is 3.51. The van der Waals surface area contributed by atoms with Gasteiger partial charge in [0.25, 0.3) is 0 Å². The molecule has 1 heterocycles. The Labute approximate surface area is 134 Å². The smallest absolute Gasteiger partial charge is 0.352 e. The van der Waals surface area contributed by atoms with Crippen LogP contribution < -0.4 is 9.64 Å². The maximum atomic E-state index is 11.2.